The van der Waals surface area contributed by atoms with Gasteiger partial charge in [-0.1, -0.05) is 12.1 Å². The number of aromatic nitrogens is 1. The lowest BCUT2D eigenvalue weighted by molar-refractivity contribution is -0.156. The number of hydrogen-bond acceptors (Lipinski definition) is 2. The van der Waals surface area contributed by atoms with Gasteiger partial charge in [-0.05, 0) is 13.3 Å². The fourth-order valence-electron chi connectivity index (χ4n) is 1.03. The van der Waals surface area contributed by atoms with Crippen LogP contribution in [0.25, 0.3) is 0 Å². The summed E-state index contributed by atoms with van der Waals surface area (Å²) in [6, 6.07) is 0. The molecule has 0 N–H and O–H groups in total. The Morgan fingerprint density at radius 1 is 1.42 bits per heavy atom. The number of hydrogen-bond donors (Lipinski definition) is 0. The Morgan fingerprint density at radius 3 is 2.33 bits per heavy atom. The molecule has 0 unspecified atom stereocenters. The Bertz CT molecular complexity index is 277. The molecule has 0 aromatic carbocycles. The van der Waals surface area contributed by atoms with Crippen molar-refractivity contribution < 1.29 is 17.7 Å². The number of halogens is 3. The van der Waals surface area contributed by atoms with Crippen molar-refractivity contribution in [3.63, 3.8) is 0 Å². The van der Waals surface area contributed by atoms with Crippen LogP contribution in [0.1, 0.15) is 23.9 Å². The Hall–Kier alpha value is -1.00. The molecule has 12 heavy (non-hydrogen) atoms. The molecule has 0 saturated carbocycles. The summed E-state index contributed by atoms with van der Waals surface area (Å²) < 4.78 is 40.5. The van der Waals surface area contributed by atoms with E-state index in [1.54, 1.807) is 6.92 Å². The summed E-state index contributed by atoms with van der Waals surface area (Å²) in [5.41, 5.74) is 0.451. The first kappa shape index (κ1) is 9.09. The Balaban J connectivity index is 3.16. The summed E-state index contributed by atoms with van der Waals surface area (Å²) in [5, 5.41) is 3.26. The second-order valence-corrected chi connectivity index (χ2v) is 2.43. The SMILES string of the molecule is CCc1c(C)noc1C(F)(F)F. The standard InChI is InChI=1S/C7H8F3NO/c1-3-5-4(2)11-12-6(5)7(8,9)10/h3H2,1-2H3. The monoisotopic (exact) mass is 179 g/mol. The molecule has 0 atom stereocenters. The summed E-state index contributed by atoms with van der Waals surface area (Å²) in [4.78, 5) is 0. The summed E-state index contributed by atoms with van der Waals surface area (Å²) in [6.45, 7) is 3.13. The maximum atomic E-state index is 12.1. The van der Waals surface area contributed by atoms with Gasteiger partial charge in [0.15, 0.2) is 0 Å². The molecule has 5 heteroatoms. The highest BCUT2D eigenvalue weighted by molar-refractivity contribution is 5.23. The van der Waals surface area contributed by atoms with Crippen molar-refractivity contribution >= 4 is 0 Å². The summed E-state index contributed by atoms with van der Waals surface area (Å²) in [5.74, 6) is -0.970. The number of aryl methyl sites for hydroxylation is 1. The van der Waals surface area contributed by atoms with E-state index < -0.39 is 11.9 Å². The van der Waals surface area contributed by atoms with E-state index in [-0.39, 0.29) is 12.0 Å². The van der Waals surface area contributed by atoms with Gasteiger partial charge < -0.3 is 4.52 Å². The van der Waals surface area contributed by atoms with E-state index in [0.717, 1.165) is 0 Å². The molecule has 2 nitrogen and oxygen atoms in total. The van der Waals surface area contributed by atoms with Gasteiger partial charge in [-0.2, -0.15) is 13.2 Å². The molecule has 0 aliphatic carbocycles. The maximum Gasteiger partial charge on any atom is 0.452 e. The minimum atomic E-state index is -4.42. The Labute approximate surface area is 67.4 Å². The fraction of sp³-hybridized carbons (Fsp3) is 0.571. The largest absolute Gasteiger partial charge is 0.452 e. The first-order chi connectivity index (χ1) is 5.46. The van der Waals surface area contributed by atoms with Crippen LogP contribution >= 0.6 is 0 Å². The van der Waals surface area contributed by atoms with Crippen LogP contribution in [0.15, 0.2) is 4.52 Å². The van der Waals surface area contributed by atoms with Gasteiger partial charge in [-0.3, -0.25) is 0 Å². The van der Waals surface area contributed by atoms with Crippen molar-refractivity contribution in [1.82, 2.24) is 5.16 Å². The molecule has 0 radical (unpaired) electrons. The van der Waals surface area contributed by atoms with Crippen molar-refractivity contribution in [2.75, 3.05) is 0 Å². The van der Waals surface area contributed by atoms with Gasteiger partial charge in [-0.25, -0.2) is 0 Å². The molecule has 68 valence electrons. The van der Waals surface area contributed by atoms with Gasteiger partial charge in [-0.15, -0.1) is 0 Å². The highest BCUT2D eigenvalue weighted by atomic mass is 19.4. The molecule has 1 aromatic heterocycles. The smallest absolute Gasteiger partial charge is 0.351 e. The van der Waals surface area contributed by atoms with E-state index in [0.29, 0.717) is 5.69 Å². The molecular weight excluding hydrogens is 171 g/mol. The Kier molecular flexibility index (Phi) is 2.12. The third kappa shape index (κ3) is 1.44. The van der Waals surface area contributed by atoms with Crippen LogP contribution in [0, 0.1) is 6.92 Å². The molecular formula is C7H8F3NO. The summed E-state index contributed by atoms with van der Waals surface area (Å²) in [6.07, 6.45) is -4.14. The third-order valence-electron chi connectivity index (χ3n) is 1.60. The topological polar surface area (TPSA) is 26.0 Å². The minimum Gasteiger partial charge on any atom is -0.351 e. The van der Waals surface area contributed by atoms with Crippen LogP contribution in [0.5, 0.6) is 0 Å². The van der Waals surface area contributed by atoms with E-state index in [2.05, 4.69) is 9.68 Å². The molecule has 0 bridgehead atoms. The lowest BCUT2D eigenvalue weighted by Crippen LogP contribution is -2.06. The van der Waals surface area contributed by atoms with E-state index in [1.807, 2.05) is 0 Å². The minimum absolute atomic E-state index is 0.141. The van der Waals surface area contributed by atoms with E-state index >= 15 is 0 Å². The highest BCUT2D eigenvalue weighted by Crippen LogP contribution is 2.33. The molecule has 1 heterocycles. The average Bonchev–Trinajstić information content (AvgIpc) is 2.29. The second kappa shape index (κ2) is 2.80. The van der Waals surface area contributed by atoms with Crippen molar-refractivity contribution in [2.45, 2.75) is 26.4 Å². The van der Waals surface area contributed by atoms with E-state index in [1.165, 1.54) is 6.92 Å². The molecule has 0 fully saturated rings. The van der Waals surface area contributed by atoms with E-state index in [4.69, 9.17) is 0 Å². The van der Waals surface area contributed by atoms with Crippen LogP contribution in [-0.2, 0) is 12.6 Å². The normalized spacial score (nSPS) is 12.1. The van der Waals surface area contributed by atoms with Gasteiger partial charge in [0, 0.05) is 5.56 Å². The van der Waals surface area contributed by atoms with Gasteiger partial charge in [0.25, 0.3) is 0 Å². The summed E-state index contributed by atoms with van der Waals surface area (Å²) in [7, 11) is 0. The number of rotatable bonds is 1. The highest BCUT2D eigenvalue weighted by Gasteiger charge is 2.38. The molecule has 0 spiro atoms. The zero-order chi connectivity index (χ0) is 9.35. The third-order valence-corrected chi connectivity index (χ3v) is 1.60. The first-order valence-electron chi connectivity index (χ1n) is 3.49. The maximum absolute atomic E-state index is 12.1. The lowest BCUT2D eigenvalue weighted by Gasteiger charge is -2.02. The Morgan fingerprint density at radius 2 is 2.00 bits per heavy atom. The van der Waals surface area contributed by atoms with Gasteiger partial charge in [0.2, 0.25) is 5.76 Å². The zero-order valence-corrected chi connectivity index (χ0v) is 6.70. The molecule has 0 aliphatic heterocycles. The molecule has 1 rings (SSSR count). The molecule has 1 aromatic rings. The van der Waals surface area contributed by atoms with Crippen LogP contribution in [0.2, 0.25) is 0 Å². The van der Waals surface area contributed by atoms with Gasteiger partial charge >= 0.3 is 6.18 Å². The predicted molar refractivity (Wildman–Crippen MR) is 35.6 cm³/mol. The summed E-state index contributed by atoms with van der Waals surface area (Å²) >= 11 is 0. The van der Waals surface area contributed by atoms with Gasteiger partial charge in [0.05, 0.1) is 5.69 Å². The molecule has 0 amide bonds. The molecule has 0 aliphatic rings. The van der Waals surface area contributed by atoms with Crippen molar-refractivity contribution in [2.24, 2.45) is 0 Å². The van der Waals surface area contributed by atoms with Crippen LogP contribution in [0.3, 0.4) is 0 Å². The van der Waals surface area contributed by atoms with Crippen LogP contribution in [0.4, 0.5) is 13.2 Å². The zero-order valence-electron chi connectivity index (χ0n) is 6.70. The molecule has 0 saturated heterocycles. The van der Waals surface area contributed by atoms with Gasteiger partial charge in [0.1, 0.15) is 0 Å². The average molecular weight is 179 g/mol. The predicted octanol–water partition coefficient (Wildman–Crippen LogP) is 2.56. The number of alkyl halides is 3. The quantitative estimate of drug-likeness (QED) is 0.662. The van der Waals surface area contributed by atoms with Crippen molar-refractivity contribution in [3.05, 3.63) is 17.0 Å². The number of nitrogens with zero attached hydrogens (tertiary/aromatic N) is 1. The van der Waals surface area contributed by atoms with Crippen molar-refractivity contribution in [3.8, 4) is 0 Å². The van der Waals surface area contributed by atoms with E-state index in [9.17, 15) is 13.2 Å². The lowest BCUT2D eigenvalue weighted by atomic mass is 10.1. The second-order valence-electron chi connectivity index (χ2n) is 2.43. The van der Waals surface area contributed by atoms with Crippen LogP contribution < -0.4 is 0 Å². The van der Waals surface area contributed by atoms with Crippen LogP contribution in [-0.4, -0.2) is 5.16 Å². The fourth-order valence-corrected chi connectivity index (χ4v) is 1.03. The first-order valence-corrected chi connectivity index (χ1v) is 3.49. The van der Waals surface area contributed by atoms with Crippen molar-refractivity contribution in [1.29, 1.82) is 0 Å².